The Morgan fingerprint density at radius 3 is 2.71 bits per heavy atom. The van der Waals surface area contributed by atoms with E-state index in [-0.39, 0.29) is 0 Å². The summed E-state index contributed by atoms with van der Waals surface area (Å²) in [4.78, 5) is 2.37. The maximum Gasteiger partial charge on any atom is 0.124 e. The van der Waals surface area contributed by atoms with E-state index < -0.39 is 6.10 Å². The van der Waals surface area contributed by atoms with Crippen molar-refractivity contribution in [2.24, 2.45) is 5.92 Å². The molecule has 0 saturated carbocycles. The molecule has 1 N–H and O–H groups in total. The van der Waals surface area contributed by atoms with Crippen LogP contribution in [0, 0.1) is 5.92 Å². The number of nitrogens with zero attached hydrogens (tertiary/aromatic N) is 1. The minimum absolute atomic E-state index is 0.505. The Morgan fingerprint density at radius 2 is 2.05 bits per heavy atom. The van der Waals surface area contributed by atoms with Crippen molar-refractivity contribution in [3.8, 4) is 11.5 Å². The van der Waals surface area contributed by atoms with Crippen LogP contribution in [-0.4, -0.2) is 43.4 Å². The van der Waals surface area contributed by atoms with Gasteiger partial charge in [-0.15, -0.1) is 0 Å². The number of aliphatic hydroxyl groups excluding tert-OH is 1. The summed E-state index contributed by atoms with van der Waals surface area (Å²) in [5.74, 6) is 2.13. The number of ether oxygens (including phenoxy) is 2. The molecule has 1 saturated heterocycles. The highest BCUT2D eigenvalue weighted by atomic mass is 16.5. The summed E-state index contributed by atoms with van der Waals surface area (Å²) in [5.41, 5.74) is 0.794. The van der Waals surface area contributed by atoms with Crippen molar-refractivity contribution >= 4 is 0 Å². The van der Waals surface area contributed by atoms with E-state index in [1.54, 1.807) is 14.2 Å². The Kier molecular flexibility index (Phi) is 5.48. The molecule has 3 atom stereocenters. The van der Waals surface area contributed by atoms with Crippen LogP contribution in [0.3, 0.4) is 0 Å². The SMILES string of the molecule is COc1ccc(OC)c(C(O)CN2CCCC(C)C2C)c1. The van der Waals surface area contributed by atoms with E-state index >= 15 is 0 Å². The normalized spacial score (nSPS) is 24.6. The van der Waals surface area contributed by atoms with Crippen LogP contribution in [-0.2, 0) is 0 Å². The molecule has 1 fully saturated rings. The highest BCUT2D eigenvalue weighted by molar-refractivity contribution is 5.41. The number of rotatable bonds is 5. The van der Waals surface area contributed by atoms with Gasteiger partial charge in [0.25, 0.3) is 0 Å². The third-order valence-corrected chi connectivity index (χ3v) is 4.71. The minimum Gasteiger partial charge on any atom is -0.497 e. The van der Waals surface area contributed by atoms with Crippen molar-refractivity contribution in [3.05, 3.63) is 23.8 Å². The molecule has 0 bridgehead atoms. The fourth-order valence-corrected chi connectivity index (χ4v) is 3.10. The molecule has 1 heterocycles. The van der Waals surface area contributed by atoms with Crippen LogP contribution < -0.4 is 9.47 Å². The van der Waals surface area contributed by atoms with Gasteiger partial charge in [-0.1, -0.05) is 6.92 Å². The summed E-state index contributed by atoms with van der Waals surface area (Å²) < 4.78 is 10.6. The summed E-state index contributed by atoms with van der Waals surface area (Å²) in [6.45, 7) is 6.22. The molecule has 2 rings (SSSR count). The molecule has 4 heteroatoms. The van der Waals surface area contributed by atoms with Gasteiger partial charge in [-0.25, -0.2) is 0 Å². The van der Waals surface area contributed by atoms with Crippen LogP contribution in [0.5, 0.6) is 11.5 Å². The first-order valence-electron chi connectivity index (χ1n) is 7.70. The third-order valence-electron chi connectivity index (χ3n) is 4.71. The minimum atomic E-state index is -0.567. The van der Waals surface area contributed by atoms with Gasteiger partial charge in [0.1, 0.15) is 11.5 Å². The van der Waals surface area contributed by atoms with Crippen LogP contribution in [0.2, 0.25) is 0 Å². The van der Waals surface area contributed by atoms with Gasteiger partial charge in [-0.05, 0) is 50.4 Å². The highest BCUT2D eigenvalue weighted by Crippen LogP contribution is 2.31. The zero-order valence-corrected chi connectivity index (χ0v) is 13.5. The summed E-state index contributed by atoms with van der Waals surface area (Å²) in [7, 11) is 3.26. The summed E-state index contributed by atoms with van der Waals surface area (Å²) in [6.07, 6.45) is 1.91. The first-order valence-corrected chi connectivity index (χ1v) is 7.70. The molecule has 21 heavy (non-hydrogen) atoms. The standard InChI is InChI=1S/C17H27NO3/c1-12-6-5-9-18(13(12)2)11-16(19)15-10-14(20-3)7-8-17(15)21-4/h7-8,10,12-13,16,19H,5-6,9,11H2,1-4H3. The van der Waals surface area contributed by atoms with Crippen molar-refractivity contribution in [1.82, 2.24) is 4.90 Å². The number of aliphatic hydroxyl groups is 1. The van der Waals surface area contributed by atoms with Crippen molar-refractivity contribution < 1.29 is 14.6 Å². The molecule has 1 aromatic rings. The first-order chi connectivity index (χ1) is 10.1. The maximum atomic E-state index is 10.6. The molecule has 4 nitrogen and oxygen atoms in total. The molecule has 0 radical (unpaired) electrons. The predicted molar refractivity (Wildman–Crippen MR) is 83.9 cm³/mol. The number of likely N-dealkylation sites (tertiary alicyclic amines) is 1. The van der Waals surface area contributed by atoms with Crippen LogP contribution in [0.4, 0.5) is 0 Å². The second-order valence-corrected chi connectivity index (χ2v) is 5.98. The number of piperidine rings is 1. The third kappa shape index (κ3) is 3.69. The Hall–Kier alpha value is -1.26. The van der Waals surface area contributed by atoms with Crippen LogP contribution in [0.25, 0.3) is 0 Å². The molecule has 0 aromatic heterocycles. The highest BCUT2D eigenvalue weighted by Gasteiger charge is 2.27. The lowest BCUT2D eigenvalue weighted by Gasteiger charge is -2.39. The number of benzene rings is 1. The number of β-amino-alcohol motifs (C(OH)–C–C–N with tert-alkyl or cyclic N) is 1. The molecule has 1 aliphatic heterocycles. The van der Waals surface area contributed by atoms with Crippen molar-refractivity contribution in [2.45, 2.75) is 38.8 Å². The van der Waals surface area contributed by atoms with Gasteiger partial charge < -0.3 is 14.6 Å². The van der Waals surface area contributed by atoms with Crippen LogP contribution in [0.1, 0.15) is 38.4 Å². The van der Waals surface area contributed by atoms with E-state index in [0.717, 1.165) is 17.9 Å². The molecule has 0 amide bonds. The monoisotopic (exact) mass is 293 g/mol. The second kappa shape index (κ2) is 7.14. The lowest BCUT2D eigenvalue weighted by Crippen LogP contribution is -2.44. The average molecular weight is 293 g/mol. The Bertz CT molecular complexity index is 463. The van der Waals surface area contributed by atoms with Gasteiger partial charge in [0.05, 0.1) is 20.3 Å². The van der Waals surface area contributed by atoms with Gasteiger partial charge >= 0.3 is 0 Å². The lowest BCUT2D eigenvalue weighted by atomic mass is 9.91. The lowest BCUT2D eigenvalue weighted by molar-refractivity contribution is 0.0502. The fourth-order valence-electron chi connectivity index (χ4n) is 3.10. The number of methoxy groups -OCH3 is 2. The molecular weight excluding hydrogens is 266 g/mol. The zero-order valence-electron chi connectivity index (χ0n) is 13.5. The Balaban J connectivity index is 2.13. The van der Waals surface area contributed by atoms with E-state index in [1.165, 1.54) is 12.8 Å². The average Bonchev–Trinajstić information content (AvgIpc) is 2.51. The largest absolute Gasteiger partial charge is 0.497 e. The number of hydrogen-bond donors (Lipinski definition) is 1. The molecular formula is C17H27NO3. The first kappa shape index (κ1) is 16.1. The van der Waals surface area contributed by atoms with E-state index in [0.29, 0.717) is 24.3 Å². The number of hydrogen-bond acceptors (Lipinski definition) is 4. The molecule has 118 valence electrons. The fraction of sp³-hybridized carbons (Fsp3) is 0.647. The van der Waals surface area contributed by atoms with Crippen molar-refractivity contribution in [2.75, 3.05) is 27.3 Å². The van der Waals surface area contributed by atoms with Crippen molar-refractivity contribution in [1.29, 1.82) is 0 Å². The van der Waals surface area contributed by atoms with Gasteiger partial charge in [-0.2, -0.15) is 0 Å². The maximum absolute atomic E-state index is 10.6. The molecule has 1 aliphatic rings. The smallest absolute Gasteiger partial charge is 0.124 e. The summed E-state index contributed by atoms with van der Waals surface area (Å²) >= 11 is 0. The van der Waals surface area contributed by atoms with Gasteiger partial charge in [0.2, 0.25) is 0 Å². The second-order valence-electron chi connectivity index (χ2n) is 5.98. The van der Waals surface area contributed by atoms with Gasteiger partial charge in [0, 0.05) is 18.2 Å². The molecule has 0 spiro atoms. The van der Waals surface area contributed by atoms with Crippen molar-refractivity contribution in [3.63, 3.8) is 0 Å². The summed E-state index contributed by atoms with van der Waals surface area (Å²) in [6, 6.07) is 6.06. The Morgan fingerprint density at radius 1 is 1.29 bits per heavy atom. The quantitative estimate of drug-likeness (QED) is 0.906. The molecule has 3 unspecified atom stereocenters. The van der Waals surface area contributed by atoms with E-state index in [9.17, 15) is 5.11 Å². The predicted octanol–water partition coefficient (Wildman–Crippen LogP) is 2.86. The topological polar surface area (TPSA) is 41.9 Å². The van der Waals surface area contributed by atoms with Gasteiger partial charge in [0.15, 0.2) is 0 Å². The Labute approximate surface area is 127 Å². The van der Waals surface area contributed by atoms with Gasteiger partial charge in [-0.3, -0.25) is 4.90 Å². The van der Waals surface area contributed by atoms with Crippen LogP contribution in [0.15, 0.2) is 18.2 Å². The zero-order chi connectivity index (χ0) is 15.4. The van der Waals surface area contributed by atoms with E-state index in [1.807, 2.05) is 18.2 Å². The molecule has 1 aromatic carbocycles. The van der Waals surface area contributed by atoms with E-state index in [4.69, 9.17) is 9.47 Å². The summed E-state index contributed by atoms with van der Waals surface area (Å²) in [5, 5.41) is 10.6. The van der Waals surface area contributed by atoms with Crippen LogP contribution >= 0.6 is 0 Å². The van der Waals surface area contributed by atoms with E-state index in [2.05, 4.69) is 18.7 Å². The molecule has 0 aliphatic carbocycles.